The van der Waals surface area contributed by atoms with Gasteiger partial charge in [-0.15, -0.1) is 0 Å². The van der Waals surface area contributed by atoms with Gasteiger partial charge < -0.3 is 4.74 Å². The molecule has 0 radical (unpaired) electrons. The standard InChI is InChI=1S/C20H15F5N6O2/c1-33-16-11-30(14-9-27-29(10-14)12-19(21,22)20(23,24)25)28-17(18(16)32)15-7-8-26-31(15)13-5-3-2-4-6-13/h2-11H,12H2,1H3. The van der Waals surface area contributed by atoms with Crippen LogP contribution in [0, 0.1) is 0 Å². The molecule has 0 unspecified atom stereocenters. The Balaban J connectivity index is 1.77. The molecule has 0 aliphatic carbocycles. The summed E-state index contributed by atoms with van der Waals surface area (Å²) in [4.78, 5) is 12.9. The fourth-order valence-corrected chi connectivity index (χ4v) is 3.02. The van der Waals surface area contributed by atoms with Gasteiger partial charge in [0.25, 0.3) is 5.43 Å². The van der Waals surface area contributed by atoms with Crippen molar-refractivity contribution in [3.8, 4) is 28.5 Å². The lowest BCUT2D eigenvalue weighted by atomic mass is 10.2. The normalized spacial score (nSPS) is 12.2. The molecule has 0 saturated heterocycles. The predicted molar refractivity (Wildman–Crippen MR) is 106 cm³/mol. The van der Waals surface area contributed by atoms with Crippen molar-refractivity contribution in [3.63, 3.8) is 0 Å². The number of para-hydroxylation sites is 1. The Morgan fingerprint density at radius 1 is 0.970 bits per heavy atom. The van der Waals surface area contributed by atoms with Gasteiger partial charge in [-0.05, 0) is 18.2 Å². The van der Waals surface area contributed by atoms with Crippen LogP contribution in [0.25, 0.3) is 22.8 Å². The summed E-state index contributed by atoms with van der Waals surface area (Å²) in [6.45, 7) is -1.71. The third-order valence-corrected chi connectivity index (χ3v) is 4.65. The van der Waals surface area contributed by atoms with Crippen molar-refractivity contribution in [1.29, 1.82) is 0 Å². The van der Waals surface area contributed by atoms with Gasteiger partial charge in [0.05, 0.1) is 43.3 Å². The summed E-state index contributed by atoms with van der Waals surface area (Å²) < 4.78 is 72.4. The summed E-state index contributed by atoms with van der Waals surface area (Å²) in [5.41, 5.74) is 0.356. The number of ether oxygens (including phenoxy) is 1. The molecule has 0 atom stereocenters. The van der Waals surface area contributed by atoms with Crippen molar-refractivity contribution in [2.24, 2.45) is 0 Å². The molecule has 1 aromatic carbocycles. The molecule has 0 saturated carbocycles. The number of alkyl halides is 5. The van der Waals surface area contributed by atoms with E-state index in [0.29, 0.717) is 16.1 Å². The fourth-order valence-electron chi connectivity index (χ4n) is 3.02. The van der Waals surface area contributed by atoms with Gasteiger partial charge in [0.15, 0.2) is 11.4 Å². The molecule has 0 bridgehead atoms. The zero-order chi connectivity index (χ0) is 23.8. The zero-order valence-electron chi connectivity index (χ0n) is 16.9. The average molecular weight is 466 g/mol. The molecule has 0 N–H and O–H groups in total. The minimum absolute atomic E-state index is 0.0401. The van der Waals surface area contributed by atoms with E-state index in [1.54, 1.807) is 30.3 Å². The number of benzene rings is 1. The van der Waals surface area contributed by atoms with E-state index >= 15 is 0 Å². The minimum Gasteiger partial charge on any atom is -0.491 e. The molecule has 13 heteroatoms. The van der Waals surface area contributed by atoms with Crippen LogP contribution < -0.4 is 10.2 Å². The van der Waals surface area contributed by atoms with Crippen molar-refractivity contribution in [3.05, 3.63) is 71.4 Å². The minimum atomic E-state index is -5.72. The van der Waals surface area contributed by atoms with Crippen LogP contribution in [0.1, 0.15) is 0 Å². The molecular weight excluding hydrogens is 451 g/mol. The molecule has 4 aromatic rings. The Morgan fingerprint density at radius 2 is 1.70 bits per heavy atom. The van der Waals surface area contributed by atoms with Crippen molar-refractivity contribution < 1.29 is 26.7 Å². The van der Waals surface area contributed by atoms with Gasteiger partial charge in [-0.25, -0.2) is 9.36 Å². The number of hydrogen-bond donors (Lipinski definition) is 0. The summed E-state index contributed by atoms with van der Waals surface area (Å²) in [5.74, 6) is -5.10. The van der Waals surface area contributed by atoms with Crippen LogP contribution in [-0.2, 0) is 6.54 Å². The lowest BCUT2D eigenvalue weighted by molar-refractivity contribution is -0.287. The van der Waals surface area contributed by atoms with Gasteiger partial charge in [0.1, 0.15) is 12.2 Å². The summed E-state index contributed by atoms with van der Waals surface area (Å²) in [6, 6.07) is 10.4. The molecule has 4 rings (SSSR count). The van der Waals surface area contributed by atoms with E-state index in [9.17, 15) is 26.7 Å². The topological polar surface area (TPSA) is 79.8 Å². The van der Waals surface area contributed by atoms with Gasteiger partial charge in [-0.2, -0.15) is 37.2 Å². The van der Waals surface area contributed by atoms with Crippen LogP contribution >= 0.6 is 0 Å². The summed E-state index contributed by atoms with van der Waals surface area (Å²) >= 11 is 0. The lowest BCUT2D eigenvalue weighted by Gasteiger charge is -2.19. The summed E-state index contributed by atoms with van der Waals surface area (Å²) in [6.07, 6.45) is -1.08. The first kappa shape index (κ1) is 22.2. The van der Waals surface area contributed by atoms with Crippen molar-refractivity contribution >= 4 is 0 Å². The number of halogens is 5. The zero-order valence-corrected chi connectivity index (χ0v) is 16.9. The van der Waals surface area contributed by atoms with Crippen LogP contribution in [0.5, 0.6) is 5.75 Å². The number of rotatable bonds is 6. The van der Waals surface area contributed by atoms with E-state index in [4.69, 9.17) is 4.74 Å². The first-order chi connectivity index (χ1) is 15.6. The molecule has 0 aliphatic rings. The Hall–Kier alpha value is -4.03. The Kier molecular flexibility index (Phi) is 5.47. The van der Waals surface area contributed by atoms with E-state index < -0.39 is 24.1 Å². The maximum atomic E-state index is 13.4. The second kappa shape index (κ2) is 8.15. The molecule has 0 amide bonds. The summed E-state index contributed by atoms with van der Waals surface area (Å²) in [5, 5.41) is 12.0. The number of methoxy groups -OCH3 is 1. The molecule has 3 heterocycles. The fraction of sp³-hybridized carbons (Fsp3) is 0.200. The predicted octanol–water partition coefficient (Wildman–Crippen LogP) is 3.49. The second-order valence-electron chi connectivity index (χ2n) is 6.88. The Morgan fingerprint density at radius 3 is 2.36 bits per heavy atom. The number of aromatic nitrogens is 6. The van der Waals surface area contributed by atoms with Gasteiger partial charge in [0, 0.05) is 0 Å². The van der Waals surface area contributed by atoms with Crippen LogP contribution in [0.15, 0.2) is 66.0 Å². The van der Waals surface area contributed by atoms with Gasteiger partial charge >= 0.3 is 12.1 Å². The van der Waals surface area contributed by atoms with Crippen LogP contribution in [0.2, 0.25) is 0 Å². The molecule has 0 fully saturated rings. The quantitative estimate of drug-likeness (QED) is 0.407. The van der Waals surface area contributed by atoms with E-state index in [-0.39, 0.29) is 17.1 Å². The van der Waals surface area contributed by atoms with Crippen LogP contribution in [0.4, 0.5) is 22.0 Å². The molecular formula is C20H15F5N6O2. The maximum Gasteiger partial charge on any atom is 0.455 e. The maximum absolute atomic E-state index is 13.4. The highest BCUT2D eigenvalue weighted by molar-refractivity contribution is 5.59. The SMILES string of the molecule is COc1cn(-c2cnn(CC(F)(F)C(F)(F)F)c2)nc(-c2ccnn2-c2ccccc2)c1=O. The van der Waals surface area contributed by atoms with E-state index in [2.05, 4.69) is 15.3 Å². The Bertz CT molecular complexity index is 1330. The largest absolute Gasteiger partial charge is 0.491 e. The monoisotopic (exact) mass is 466 g/mol. The highest BCUT2D eigenvalue weighted by Crippen LogP contribution is 2.36. The third-order valence-electron chi connectivity index (χ3n) is 4.65. The van der Waals surface area contributed by atoms with Crippen LogP contribution in [0.3, 0.4) is 0 Å². The second-order valence-corrected chi connectivity index (χ2v) is 6.88. The van der Waals surface area contributed by atoms with Gasteiger partial charge in [-0.3, -0.25) is 9.48 Å². The highest BCUT2D eigenvalue weighted by Gasteiger charge is 2.57. The average Bonchev–Trinajstić information content (AvgIpc) is 3.43. The molecule has 3 aromatic heterocycles. The molecule has 0 aliphatic heterocycles. The van der Waals surface area contributed by atoms with E-state index in [0.717, 1.165) is 17.1 Å². The third kappa shape index (κ3) is 4.21. The smallest absolute Gasteiger partial charge is 0.455 e. The van der Waals surface area contributed by atoms with Crippen molar-refractivity contribution in [2.45, 2.75) is 18.6 Å². The van der Waals surface area contributed by atoms with E-state index in [1.165, 1.54) is 24.2 Å². The van der Waals surface area contributed by atoms with Crippen molar-refractivity contribution in [1.82, 2.24) is 29.3 Å². The molecule has 172 valence electrons. The lowest BCUT2D eigenvalue weighted by Crippen LogP contribution is -2.40. The van der Waals surface area contributed by atoms with Gasteiger partial charge in [0.2, 0.25) is 0 Å². The summed E-state index contributed by atoms with van der Waals surface area (Å²) in [7, 11) is 1.26. The molecule has 0 spiro atoms. The van der Waals surface area contributed by atoms with Gasteiger partial charge in [-0.1, -0.05) is 18.2 Å². The molecule has 33 heavy (non-hydrogen) atoms. The Labute approximate surface area is 182 Å². The number of hydrogen-bond acceptors (Lipinski definition) is 5. The van der Waals surface area contributed by atoms with Crippen molar-refractivity contribution in [2.75, 3.05) is 7.11 Å². The first-order valence-corrected chi connectivity index (χ1v) is 9.36. The van der Waals surface area contributed by atoms with E-state index in [1.807, 2.05) is 6.07 Å². The highest BCUT2D eigenvalue weighted by atomic mass is 19.4. The number of nitrogens with zero attached hydrogens (tertiary/aromatic N) is 6. The first-order valence-electron chi connectivity index (χ1n) is 9.36. The van der Waals surface area contributed by atoms with Crippen LogP contribution in [-0.4, -0.2) is 48.6 Å². The molecule has 8 nitrogen and oxygen atoms in total.